The molecule has 3 rings (SSSR count). The number of nitrogens with one attached hydrogen (secondary N) is 1. The Morgan fingerprint density at radius 1 is 1.21 bits per heavy atom. The standard InChI is InChI=1S/C14H13N3O2/c18-17(19)12-6-7-14-13(8-12)15-10-16(14)9-11-4-2-1-3-5-11/h1-8,15H,9-10H2. The highest BCUT2D eigenvalue weighted by Crippen LogP contribution is 2.35. The molecule has 0 spiro atoms. The molecule has 1 N–H and O–H groups in total. The minimum atomic E-state index is -0.373. The van der Waals surface area contributed by atoms with Gasteiger partial charge in [0, 0.05) is 18.7 Å². The topological polar surface area (TPSA) is 58.4 Å². The van der Waals surface area contributed by atoms with Crippen LogP contribution < -0.4 is 10.2 Å². The van der Waals surface area contributed by atoms with Crippen LogP contribution in [0.5, 0.6) is 0 Å². The van der Waals surface area contributed by atoms with Gasteiger partial charge in [0.1, 0.15) is 0 Å². The maximum absolute atomic E-state index is 10.7. The van der Waals surface area contributed by atoms with Crippen molar-refractivity contribution in [2.24, 2.45) is 0 Å². The molecule has 2 aromatic carbocycles. The van der Waals surface area contributed by atoms with Gasteiger partial charge in [-0.2, -0.15) is 0 Å². The molecule has 0 aliphatic carbocycles. The highest BCUT2D eigenvalue weighted by Gasteiger charge is 2.21. The average Bonchev–Trinajstić information content (AvgIpc) is 2.82. The summed E-state index contributed by atoms with van der Waals surface area (Å²) in [7, 11) is 0. The molecule has 1 aliphatic heterocycles. The summed E-state index contributed by atoms with van der Waals surface area (Å²) in [6.07, 6.45) is 0. The fourth-order valence-corrected chi connectivity index (χ4v) is 2.27. The monoisotopic (exact) mass is 255 g/mol. The molecule has 5 nitrogen and oxygen atoms in total. The summed E-state index contributed by atoms with van der Waals surface area (Å²) in [4.78, 5) is 12.5. The third-order valence-corrected chi connectivity index (χ3v) is 3.21. The number of fused-ring (bicyclic) bond motifs is 1. The molecule has 0 saturated carbocycles. The van der Waals surface area contributed by atoms with Crippen LogP contribution >= 0.6 is 0 Å². The number of nitro benzene ring substituents is 1. The number of hydrogen-bond acceptors (Lipinski definition) is 4. The molecule has 0 unspecified atom stereocenters. The van der Waals surface area contributed by atoms with Crippen LogP contribution in [0.4, 0.5) is 17.1 Å². The summed E-state index contributed by atoms with van der Waals surface area (Å²) in [5.74, 6) is 0. The number of nitrogens with zero attached hydrogens (tertiary/aromatic N) is 2. The van der Waals surface area contributed by atoms with E-state index in [1.165, 1.54) is 5.56 Å². The Hall–Kier alpha value is -2.56. The Balaban J connectivity index is 1.84. The lowest BCUT2D eigenvalue weighted by atomic mass is 10.2. The van der Waals surface area contributed by atoms with Crippen molar-refractivity contribution >= 4 is 17.1 Å². The molecular weight excluding hydrogens is 242 g/mol. The van der Waals surface area contributed by atoms with Crippen molar-refractivity contribution in [2.75, 3.05) is 16.9 Å². The van der Waals surface area contributed by atoms with E-state index in [4.69, 9.17) is 0 Å². The maximum atomic E-state index is 10.7. The van der Waals surface area contributed by atoms with E-state index in [1.54, 1.807) is 18.2 Å². The van der Waals surface area contributed by atoms with Crippen molar-refractivity contribution in [2.45, 2.75) is 6.54 Å². The van der Waals surface area contributed by atoms with Crippen LogP contribution in [0.1, 0.15) is 5.56 Å². The Morgan fingerprint density at radius 2 is 2.00 bits per heavy atom. The first-order valence-electron chi connectivity index (χ1n) is 6.05. The Labute approximate surface area is 110 Å². The van der Waals surface area contributed by atoms with Crippen LogP contribution in [0.15, 0.2) is 48.5 Å². The summed E-state index contributed by atoms with van der Waals surface area (Å²) in [6, 6.07) is 15.1. The molecule has 0 aromatic heterocycles. The average molecular weight is 255 g/mol. The van der Waals surface area contributed by atoms with Crippen LogP contribution in [0, 0.1) is 10.1 Å². The van der Waals surface area contributed by atoms with Gasteiger partial charge in [-0.25, -0.2) is 0 Å². The van der Waals surface area contributed by atoms with Gasteiger partial charge >= 0.3 is 0 Å². The van der Waals surface area contributed by atoms with Crippen molar-refractivity contribution in [3.05, 3.63) is 64.2 Å². The summed E-state index contributed by atoms with van der Waals surface area (Å²) in [5, 5.41) is 13.9. The van der Waals surface area contributed by atoms with Gasteiger partial charge in [-0.15, -0.1) is 0 Å². The number of anilines is 2. The number of rotatable bonds is 3. The van der Waals surface area contributed by atoms with E-state index in [-0.39, 0.29) is 10.6 Å². The summed E-state index contributed by atoms with van der Waals surface area (Å²) >= 11 is 0. The number of hydrogen-bond donors (Lipinski definition) is 1. The molecule has 2 aromatic rings. The third kappa shape index (κ3) is 2.22. The first-order valence-corrected chi connectivity index (χ1v) is 6.05. The van der Waals surface area contributed by atoms with E-state index < -0.39 is 0 Å². The summed E-state index contributed by atoms with van der Waals surface area (Å²) < 4.78 is 0. The second-order valence-electron chi connectivity index (χ2n) is 4.48. The van der Waals surface area contributed by atoms with Gasteiger partial charge in [0.2, 0.25) is 0 Å². The quantitative estimate of drug-likeness (QED) is 0.676. The van der Waals surface area contributed by atoms with Crippen molar-refractivity contribution in [1.82, 2.24) is 0 Å². The van der Waals surface area contributed by atoms with Crippen LogP contribution in [0.25, 0.3) is 0 Å². The molecule has 0 saturated heterocycles. The zero-order valence-corrected chi connectivity index (χ0v) is 10.2. The molecule has 5 heteroatoms. The molecule has 0 radical (unpaired) electrons. The lowest BCUT2D eigenvalue weighted by molar-refractivity contribution is -0.384. The Morgan fingerprint density at radius 3 is 2.74 bits per heavy atom. The smallest absolute Gasteiger partial charge is 0.271 e. The molecule has 0 amide bonds. The summed E-state index contributed by atoms with van der Waals surface area (Å²) in [6.45, 7) is 1.46. The molecule has 1 heterocycles. The molecule has 1 aliphatic rings. The fraction of sp³-hybridized carbons (Fsp3) is 0.143. The second kappa shape index (κ2) is 4.61. The van der Waals surface area contributed by atoms with Gasteiger partial charge < -0.3 is 10.2 Å². The van der Waals surface area contributed by atoms with Gasteiger partial charge in [-0.05, 0) is 11.6 Å². The number of nitro groups is 1. The van der Waals surface area contributed by atoms with Crippen molar-refractivity contribution < 1.29 is 4.92 Å². The lowest BCUT2D eigenvalue weighted by Crippen LogP contribution is -2.21. The van der Waals surface area contributed by atoms with E-state index in [1.807, 2.05) is 18.2 Å². The molecule has 0 fully saturated rings. The Bertz CT molecular complexity index is 613. The summed E-state index contributed by atoms with van der Waals surface area (Å²) in [5.41, 5.74) is 3.17. The van der Waals surface area contributed by atoms with Gasteiger partial charge in [-0.1, -0.05) is 30.3 Å². The van der Waals surface area contributed by atoms with Crippen molar-refractivity contribution in [3.8, 4) is 0 Å². The van der Waals surface area contributed by atoms with E-state index in [9.17, 15) is 10.1 Å². The third-order valence-electron chi connectivity index (χ3n) is 3.21. The predicted octanol–water partition coefficient (Wildman–Crippen LogP) is 2.98. The van der Waals surface area contributed by atoms with Crippen molar-refractivity contribution in [1.29, 1.82) is 0 Å². The normalized spacial score (nSPS) is 12.9. The van der Waals surface area contributed by atoms with E-state index in [0.29, 0.717) is 6.67 Å². The minimum Gasteiger partial charge on any atom is -0.366 e. The largest absolute Gasteiger partial charge is 0.366 e. The molecule has 96 valence electrons. The maximum Gasteiger partial charge on any atom is 0.271 e. The minimum absolute atomic E-state index is 0.118. The van der Waals surface area contributed by atoms with E-state index in [2.05, 4.69) is 22.3 Å². The van der Waals surface area contributed by atoms with E-state index in [0.717, 1.165) is 17.9 Å². The number of non-ortho nitro benzene ring substituents is 1. The molecule has 0 atom stereocenters. The van der Waals surface area contributed by atoms with Crippen LogP contribution in [-0.2, 0) is 6.54 Å². The second-order valence-corrected chi connectivity index (χ2v) is 4.48. The van der Waals surface area contributed by atoms with Gasteiger partial charge in [0.15, 0.2) is 0 Å². The van der Waals surface area contributed by atoms with Gasteiger partial charge in [0.05, 0.1) is 23.0 Å². The molecule has 19 heavy (non-hydrogen) atoms. The zero-order chi connectivity index (χ0) is 13.2. The number of benzene rings is 2. The first-order chi connectivity index (χ1) is 9.24. The highest BCUT2D eigenvalue weighted by atomic mass is 16.6. The first kappa shape index (κ1) is 11.5. The van der Waals surface area contributed by atoms with Crippen LogP contribution in [0.2, 0.25) is 0 Å². The highest BCUT2D eigenvalue weighted by molar-refractivity contribution is 5.77. The Kier molecular flexibility index (Phi) is 2.79. The van der Waals surface area contributed by atoms with E-state index >= 15 is 0 Å². The SMILES string of the molecule is O=[N+]([O-])c1ccc2c(c1)NCN2Cc1ccccc1. The fourth-order valence-electron chi connectivity index (χ4n) is 2.27. The predicted molar refractivity (Wildman–Crippen MR) is 74.2 cm³/mol. The zero-order valence-electron chi connectivity index (χ0n) is 10.2. The van der Waals surface area contributed by atoms with Gasteiger partial charge in [0.25, 0.3) is 5.69 Å². The molecular formula is C14H13N3O2. The lowest BCUT2D eigenvalue weighted by Gasteiger charge is -2.17. The van der Waals surface area contributed by atoms with Gasteiger partial charge in [-0.3, -0.25) is 10.1 Å². The van der Waals surface area contributed by atoms with Crippen LogP contribution in [0.3, 0.4) is 0 Å². The van der Waals surface area contributed by atoms with Crippen LogP contribution in [-0.4, -0.2) is 11.6 Å². The van der Waals surface area contributed by atoms with Crippen molar-refractivity contribution in [3.63, 3.8) is 0 Å². The molecule has 0 bridgehead atoms.